The van der Waals surface area contributed by atoms with Gasteiger partial charge >= 0.3 is 5.97 Å². The quantitative estimate of drug-likeness (QED) is 0.680. The van der Waals surface area contributed by atoms with E-state index in [1.165, 1.54) is 14.0 Å². The molecule has 7 heteroatoms. The molecule has 0 radical (unpaired) electrons. The molecule has 4 rings (SSSR count). The molecule has 4 aliphatic rings. The van der Waals surface area contributed by atoms with Gasteiger partial charge in [0.2, 0.25) is 5.78 Å². The van der Waals surface area contributed by atoms with Gasteiger partial charge in [-0.05, 0) is 36.2 Å². The lowest BCUT2D eigenvalue weighted by Crippen LogP contribution is -2.74. The third-order valence-corrected chi connectivity index (χ3v) is 9.19. The summed E-state index contributed by atoms with van der Waals surface area (Å²) < 4.78 is 23.5. The molecule has 0 spiro atoms. The van der Waals surface area contributed by atoms with Gasteiger partial charge < -0.3 is 24.1 Å². The number of esters is 1. The summed E-state index contributed by atoms with van der Waals surface area (Å²) in [4.78, 5) is 26.1. The number of ether oxygens (including phenoxy) is 4. The highest BCUT2D eigenvalue weighted by Crippen LogP contribution is 2.69. The molecule has 7 nitrogen and oxygen atoms in total. The van der Waals surface area contributed by atoms with Crippen molar-refractivity contribution in [2.24, 2.45) is 40.4 Å². The van der Waals surface area contributed by atoms with Crippen LogP contribution in [0.5, 0.6) is 0 Å². The van der Waals surface area contributed by atoms with E-state index < -0.39 is 23.2 Å². The van der Waals surface area contributed by atoms with E-state index in [4.69, 9.17) is 18.9 Å². The van der Waals surface area contributed by atoms with Crippen molar-refractivity contribution in [1.29, 1.82) is 0 Å². The minimum absolute atomic E-state index is 0.0188. The van der Waals surface area contributed by atoms with E-state index in [9.17, 15) is 14.7 Å². The lowest BCUT2D eigenvalue weighted by atomic mass is 9.38. The minimum Gasteiger partial charge on any atom is -0.493 e. The SMILES string of the molecule is COC1=C[C@@H](C)[C@@H]2C[C@H]3OC(O)C[C@H]4[C@@H](C)[C@H](OC)[C@@H](OC(C)=O)[C@H]([C@@]2(C)C1=O)[C@@]34C. The van der Waals surface area contributed by atoms with Gasteiger partial charge in [-0.1, -0.05) is 27.7 Å². The molecule has 3 aliphatic carbocycles. The van der Waals surface area contributed by atoms with Crippen molar-refractivity contribution in [1.82, 2.24) is 0 Å². The molecule has 2 saturated carbocycles. The molecule has 174 valence electrons. The summed E-state index contributed by atoms with van der Waals surface area (Å²) in [5, 5.41) is 10.6. The van der Waals surface area contributed by atoms with Crippen LogP contribution >= 0.6 is 0 Å². The molecular weight excluding hydrogens is 400 g/mol. The highest BCUT2D eigenvalue weighted by atomic mass is 16.6. The Kier molecular flexibility index (Phi) is 5.55. The zero-order chi connectivity index (χ0) is 22.9. The monoisotopic (exact) mass is 436 g/mol. The number of methoxy groups -OCH3 is 2. The van der Waals surface area contributed by atoms with Gasteiger partial charge in [-0.3, -0.25) is 9.59 Å². The van der Waals surface area contributed by atoms with Crippen molar-refractivity contribution >= 4 is 11.8 Å². The van der Waals surface area contributed by atoms with Gasteiger partial charge in [-0.15, -0.1) is 0 Å². The van der Waals surface area contributed by atoms with Crippen LogP contribution in [0.15, 0.2) is 11.8 Å². The fourth-order valence-electron chi connectivity index (χ4n) is 7.99. The average Bonchev–Trinajstić information content (AvgIpc) is 2.69. The zero-order valence-corrected chi connectivity index (χ0v) is 19.6. The van der Waals surface area contributed by atoms with Crippen molar-refractivity contribution in [2.45, 2.75) is 72.1 Å². The Morgan fingerprint density at radius 1 is 1.16 bits per heavy atom. The summed E-state index contributed by atoms with van der Waals surface area (Å²) >= 11 is 0. The van der Waals surface area contributed by atoms with E-state index in [0.29, 0.717) is 18.6 Å². The summed E-state index contributed by atoms with van der Waals surface area (Å²) in [6, 6.07) is 0. The Morgan fingerprint density at radius 2 is 1.84 bits per heavy atom. The molecule has 0 bridgehead atoms. The molecule has 0 amide bonds. The number of carbonyl (C=O) groups is 2. The molecule has 1 saturated heterocycles. The second-order valence-electron chi connectivity index (χ2n) is 10.4. The van der Waals surface area contributed by atoms with Gasteiger partial charge in [0.25, 0.3) is 0 Å². The number of ketones is 1. The molecular formula is C24H36O7. The predicted octanol–water partition coefficient (Wildman–Crippen LogP) is 2.70. The van der Waals surface area contributed by atoms with Gasteiger partial charge in [0, 0.05) is 37.2 Å². The minimum atomic E-state index is -0.849. The predicted molar refractivity (Wildman–Crippen MR) is 112 cm³/mol. The highest BCUT2D eigenvalue weighted by molar-refractivity contribution is 5.99. The van der Waals surface area contributed by atoms with Gasteiger partial charge in [-0.25, -0.2) is 0 Å². The molecule has 0 aromatic heterocycles. The first-order valence-corrected chi connectivity index (χ1v) is 11.4. The molecule has 11 atom stereocenters. The van der Waals surface area contributed by atoms with Crippen LogP contribution in [-0.4, -0.2) is 55.7 Å². The Hall–Kier alpha value is -1.44. The first-order chi connectivity index (χ1) is 14.5. The van der Waals surface area contributed by atoms with Gasteiger partial charge in [-0.2, -0.15) is 0 Å². The number of aliphatic hydroxyl groups is 1. The van der Waals surface area contributed by atoms with E-state index >= 15 is 0 Å². The fourth-order valence-corrected chi connectivity index (χ4v) is 7.99. The average molecular weight is 437 g/mol. The van der Waals surface area contributed by atoms with Gasteiger partial charge in [0.05, 0.1) is 19.3 Å². The summed E-state index contributed by atoms with van der Waals surface area (Å²) in [6.07, 6.45) is 0.958. The number of fused-ring (bicyclic) bond motifs is 2. The number of Topliss-reactive ketones (excluding diaryl/α,β-unsaturated/α-hetero) is 1. The van der Waals surface area contributed by atoms with Crippen molar-refractivity contribution in [2.75, 3.05) is 14.2 Å². The summed E-state index contributed by atoms with van der Waals surface area (Å²) in [5.41, 5.74) is -1.28. The molecule has 1 heterocycles. The zero-order valence-electron chi connectivity index (χ0n) is 19.6. The molecule has 0 aromatic carbocycles. The third kappa shape index (κ3) is 2.96. The first kappa shape index (κ1) is 22.7. The summed E-state index contributed by atoms with van der Waals surface area (Å²) in [5.74, 6) is -0.283. The van der Waals surface area contributed by atoms with E-state index in [-0.39, 0.29) is 53.6 Å². The molecule has 0 aromatic rings. The van der Waals surface area contributed by atoms with Crippen molar-refractivity contribution in [3.8, 4) is 0 Å². The lowest BCUT2D eigenvalue weighted by molar-refractivity contribution is -0.327. The summed E-state index contributed by atoms with van der Waals surface area (Å²) in [6.45, 7) is 9.75. The number of hydrogen-bond donors (Lipinski definition) is 1. The number of rotatable bonds is 3. The van der Waals surface area contributed by atoms with Crippen molar-refractivity contribution in [3.05, 3.63) is 11.8 Å². The van der Waals surface area contributed by atoms with Crippen molar-refractivity contribution < 1.29 is 33.6 Å². The number of aliphatic hydroxyl groups excluding tert-OH is 1. The molecule has 1 unspecified atom stereocenters. The number of allylic oxidation sites excluding steroid dienone is 2. The standard InChI is InChI=1S/C24H36O7/c1-11-8-16(28-6)22(27)24(5)14(11)9-17-23(4)15(10-18(26)31-17)12(2)19(29-7)20(21(23)24)30-13(3)25/h8,11-12,14-15,17-21,26H,9-10H2,1-7H3/t11-,12-,14+,15+,17-,18?,19+,20-,21+,23-,24+/m1/s1. The molecule has 3 fully saturated rings. The molecule has 31 heavy (non-hydrogen) atoms. The Labute approximate surface area is 184 Å². The lowest BCUT2D eigenvalue weighted by Gasteiger charge is -2.69. The maximum absolute atomic E-state index is 13.9. The smallest absolute Gasteiger partial charge is 0.303 e. The molecule has 1 aliphatic heterocycles. The summed E-state index contributed by atoms with van der Waals surface area (Å²) in [7, 11) is 3.16. The fraction of sp³-hybridized carbons (Fsp3) is 0.833. The van der Waals surface area contributed by atoms with Crippen LogP contribution < -0.4 is 0 Å². The topological polar surface area (TPSA) is 91.3 Å². The number of hydrogen-bond acceptors (Lipinski definition) is 7. The maximum atomic E-state index is 13.9. The van der Waals surface area contributed by atoms with Gasteiger partial charge in [0.15, 0.2) is 12.0 Å². The third-order valence-electron chi connectivity index (χ3n) is 9.19. The second kappa shape index (κ2) is 7.56. The first-order valence-electron chi connectivity index (χ1n) is 11.4. The normalized spacial score (nSPS) is 51.3. The van der Waals surface area contributed by atoms with E-state index in [0.717, 1.165) is 0 Å². The molecule has 1 N–H and O–H groups in total. The Morgan fingerprint density at radius 3 is 2.42 bits per heavy atom. The van der Waals surface area contributed by atoms with Crippen molar-refractivity contribution in [3.63, 3.8) is 0 Å². The van der Waals surface area contributed by atoms with E-state index in [1.807, 2.05) is 13.0 Å². The second-order valence-corrected chi connectivity index (χ2v) is 10.4. The van der Waals surface area contributed by atoms with Crippen LogP contribution in [0.2, 0.25) is 0 Å². The van der Waals surface area contributed by atoms with Crippen LogP contribution in [0.25, 0.3) is 0 Å². The van der Waals surface area contributed by atoms with Crippen LogP contribution in [0.1, 0.15) is 47.5 Å². The maximum Gasteiger partial charge on any atom is 0.303 e. The van der Waals surface area contributed by atoms with Crippen LogP contribution in [0.3, 0.4) is 0 Å². The van der Waals surface area contributed by atoms with E-state index in [2.05, 4.69) is 20.8 Å². The van der Waals surface area contributed by atoms with Crippen LogP contribution in [-0.2, 0) is 28.5 Å². The van der Waals surface area contributed by atoms with E-state index in [1.54, 1.807) is 7.11 Å². The van der Waals surface area contributed by atoms with Crippen LogP contribution in [0, 0.1) is 40.4 Å². The van der Waals surface area contributed by atoms with Crippen LogP contribution in [0.4, 0.5) is 0 Å². The highest BCUT2D eigenvalue weighted by Gasteiger charge is 2.73. The number of carbonyl (C=O) groups excluding carboxylic acids is 2. The Balaban J connectivity index is 1.95. The van der Waals surface area contributed by atoms with Gasteiger partial charge in [0.1, 0.15) is 6.10 Å². The Bertz CT molecular complexity index is 793. The largest absolute Gasteiger partial charge is 0.493 e.